The fourth-order valence-corrected chi connectivity index (χ4v) is 0.787. The van der Waals surface area contributed by atoms with Crippen LogP contribution in [0.5, 0.6) is 5.75 Å². The molecule has 1 rings (SSSR count). The van der Waals surface area contributed by atoms with Gasteiger partial charge in [0.15, 0.2) is 11.6 Å². The summed E-state index contributed by atoms with van der Waals surface area (Å²) in [5, 5.41) is 0. The van der Waals surface area contributed by atoms with Gasteiger partial charge in [-0.05, 0) is 18.6 Å². The van der Waals surface area contributed by atoms with Crippen molar-refractivity contribution >= 4 is 0 Å². The molecule has 1 unspecified atom stereocenters. The van der Waals surface area contributed by atoms with Crippen molar-refractivity contribution in [3.8, 4) is 5.75 Å². The normalized spacial score (nSPS) is 12.6. The van der Waals surface area contributed by atoms with Gasteiger partial charge in [0.25, 0.3) is 0 Å². The lowest BCUT2D eigenvalue weighted by Gasteiger charge is -2.12. The molecule has 0 aliphatic rings. The number of ether oxygens (including phenoxy) is 1. The quantitative estimate of drug-likeness (QED) is 0.701. The summed E-state index contributed by atoms with van der Waals surface area (Å²) >= 11 is 0. The second-order valence-corrected chi connectivity index (χ2v) is 2.49. The molecule has 0 radical (unpaired) electrons. The van der Waals surface area contributed by atoms with E-state index in [1.165, 1.54) is 6.07 Å². The lowest BCUT2D eigenvalue weighted by atomic mass is 10.3. The maximum absolute atomic E-state index is 12.9. The predicted molar refractivity (Wildman–Crippen MR) is 45.3 cm³/mol. The van der Waals surface area contributed by atoms with Crippen molar-refractivity contribution < 1.29 is 9.13 Å². The number of nitrogens with two attached hydrogens (primary N) is 1. The molecule has 0 spiro atoms. The van der Waals surface area contributed by atoms with Crippen LogP contribution < -0.4 is 10.5 Å². The SMILES string of the molecule is CCC(N)Oc1ccccc1F. The molecule has 12 heavy (non-hydrogen) atoms. The van der Waals surface area contributed by atoms with Gasteiger partial charge in [0.1, 0.15) is 6.23 Å². The highest BCUT2D eigenvalue weighted by molar-refractivity contribution is 5.23. The number of hydrogen-bond acceptors (Lipinski definition) is 2. The van der Waals surface area contributed by atoms with Gasteiger partial charge in [-0.2, -0.15) is 0 Å². The van der Waals surface area contributed by atoms with Gasteiger partial charge in [0.2, 0.25) is 0 Å². The molecular formula is C9H12FNO. The first kappa shape index (κ1) is 9.00. The fourth-order valence-electron chi connectivity index (χ4n) is 0.787. The molecule has 0 aliphatic heterocycles. The van der Waals surface area contributed by atoms with Crippen molar-refractivity contribution in [1.29, 1.82) is 0 Å². The minimum Gasteiger partial charge on any atom is -0.473 e. The Morgan fingerprint density at radius 2 is 2.17 bits per heavy atom. The maximum atomic E-state index is 12.9. The molecule has 0 saturated carbocycles. The van der Waals surface area contributed by atoms with E-state index in [0.29, 0.717) is 6.42 Å². The van der Waals surface area contributed by atoms with Crippen molar-refractivity contribution in [2.75, 3.05) is 0 Å². The number of rotatable bonds is 3. The zero-order valence-electron chi connectivity index (χ0n) is 6.96. The summed E-state index contributed by atoms with van der Waals surface area (Å²) in [6.45, 7) is 1.88. The fraction of sp³-hybridized carbons (Fsp3) is 0.333. The number of benzene rings is 1. The van der Waals surface area contributed by atoms with Crippen LogP contribution in [0.4, 0.5) is 4.39 Å². The maximum Gasteiger partial charge on any atom is 0.165 e. The van der Waals surface area contributed by atoms with E-state index in [2.05, 4.69) is 0 Å². The Kier molecular flexibility index (Phi) is 3.05. The summed E-state index contributed by atoms with van der Waals surface area (Å²) in [6, 6.07) is 6.23. The monoisotopic (exact) mass is 169 g/mol. The van der Waals surface area contributed by atoms with Crippen LogP contribution in [-0.4, -0.2) is 6.23 Å². The number of para-hydroxylation sites is 1. The molecule has 0 aromatic heterocycles. The summed E-state index contributed by atoms with van der Waals surface area (Å²) in [6.07, 6.45) is 0.232. The Hall–Kier alpha value is -1.09. The first-order chi connectivity index (χ1) is 5.74. The highest BCUT2D eigenvalue weighted by atomic mass is 19.1. The van der Waals surface area contributed by atoms with Crippen molar-refractivity contribution in [2.45, 2.75) is 19.6 Å². The summed E-state index contributed by atoms with van der Waals surface area (Å²) in [5.74, 6) is -0.159. The molecule has 3 heteroatoms. The van der Waals surface area contributed by atoms with Crippen LogP contribution in [0.2, 0.25) is 0 Å². The first-order valence-electron chi connectivity index (χ1n) is 3.90. The lowest BCUT2D eigenvalue weighted by Crippen LogP contribution is -2.26. The lowest BCUT2D eigenvalue weighted by molar-refractivity contribution is 0.196. The molecule has 2 nitrogen and oxygen atoms in total. The second kappa shape index (κ2) is 4.07. The third-order valence-electron chi connectivity index (χ3n) is 1.52. The summed E-state index contributed by atoms with van der Waals surface area (Å²) in [5.41, 5.74) is 5.48. The second-order valence-electron chi connectivity index (χ2n) is 2.49. The van der Waals surface area contributed by atoms with Crippen LogP contribution >= 0.6 is 0 Å². The average Bonchev–Trinajstić information content (AvgIpc) is 2.09. The molecule has 2 N–H and O–H groups in total. The molecule has 1 aromatic rings. The van der Waals surface area contributed by atoms with E-state index in [1.807, 2.05) is 6.92 Å². The van der Waals surface area contributed by atoms with Crippen molar-refractivity contribution in [3.63, 3.8) is 0 Å². The van der Waals surface area contributed by atoms with E-state index in [4.69, 9.17) is 10.5 Å². The minimum absolute atomic E-state index is 0.215. The molecule has 0 saturated heterocycles. The smallest absolute Gasteiger partial charge is 0.165 e. The van der Waals surface area contributed by atoms with Crippen LogP contribution in [0.1, 0.15) is 13.3 Å². The van der Waals surface area contributed by atoms with E-state index >= 15 is 0 Å². The highest BCUT2D eigenvalue weighted by Crippen LogP contribution is 2.16. The predicted octanol–water partition coefficient (Wildman–Crippen LogP) is 1.90. The Morgan fingerprint density at radius 1 is 1.50 bits per heavy atom. The molecule has 1 aromatic carbocycles. The van der Waals surface area contributed by atoms with Crippen LogP contribution in [0, 0.1) is 5.82 Å². The number of hydrogen-bond donors (Lipinski definition) is 1. The third-order valence-corrected chi connectivity index (χ3v) is 1.52. The van der Waals surface area contributed by atoms with Gasteiger partial charge in [-0.3, -0.25) is 5.73 Å². The molecule has 0 bridgehead atoms. The van der Waals surface area contributed by atoms with E-state index in [9.17, 15) is 4.39 Å². The van der Waals surface area contributed by atoms with Gasteiger partial charge in [-0.15, -0.1) is 0 Å². The molecule has 66 valence electrons. The first-order valence-corrected chi connectivity index (χ1v) is 3.90. The minimum atomic E-state index is -0.429. The van der Waals surface area contributed by atoms with E-state index in [-0.39, 0.29) is 11.6 Å². The van der Waals surface area contributed by atoms with Crippen LogP contribution in [-0.2, 0) is 0 Å². The van der Waals surface area contributed by atoms with E-state index in [1.54, 1.807) is 18.2 Å². The Labute approximate surface area is 71.1 Å². The Bertz CT molecular complexity index is 252. The van der Waals surface area contributed by atoms with Crippen LogP contribution in [0.25, 0.3) is 0 Å². The van der Waals surface area contributed by atoms with Crippen LogP contribution in [0.3, 0.4) is 0 Å². The third kappa shape index (κ3) is 2.20. The van der Waals surface area contributed by atoms with Crippen molar-refractivity contribution in [1.82, 2.24) is 0 Å². The molecule has 0 amide bonds. The molecule has 0 aliphatic carbocycles. The molecular weight excluding hydrogens is 157 g/mol. The largest absolute Gasteiger partial charge is 0.473 e. The zero-order chi connectivity index (χ0) is 8.97. The Balaban J connectivity index is 2.69. The van der Waals surface area contributed by atoms with Gasteiger partial charge >= 0.3 is 0 Å². The van der Waals surface area contributed by atoms with Gasteiger partial charge in [0, 0.05) is 0 Å². The molecule has 0 heterocycles. The Morgan fingerprint density at radius 3 is 2.75 bits per heavy atom. The molecule has 1 atom stereocenters. The zero-order valence-corrected chi connectivity index (χ0v) is 6.96. The summed E-state index contributed by atoms with van der Waals surface area (Å²) in [7, 11) is 0. The van der Waals surface area contributed by atoms with E-state index < -0.39 is 6.23 Å². The number of halogens is 1. The van der Waals surface area contributed by atoms with Crippen molar-refractivity contribution in [2.24, 2.45) is 5.73 Å². The standard InChI is InChI=1S/C9H12FNO/c1-2-9(11)12-8-6-4-3-5-7(8)10/h3-6,9H,2,11H2,1H3. The van der Waals surface area contributed by atoms with Gasteiger partial charge < -0.3 is 4.74 Å². The average molecular weight is 169 g/mol. The van der Waals surface area contributed by atoms with Crippen molar-refractivity contribution in [3.05, 3.63) is 30.1 Å². The van der Waals surface area contributed by atoms with Crippen LogP contribution in [0.15, 0.2) is 24.3 Å². The van der Waals surface area contributed by atoms with E-state index in [0.717, 1.165) is 0 Å². The topological polar surface area (TPSA) is 35.2 Å². The summed E-state index contributed by atoms with van der Waals surface area (Å²) in [4.78, 5) is 0. The summed E-state index contributed by atoms with van der Waals surface area (Å²) < 4.78 is 18.0. The highest BCUT2D eigenvalue weighted by Gasteiger charge is 2.04. The van der Waals surface area contributed by atoms with Gasteiger partial charge in [-0.1, -0.05) is 19.1 Å². The van der Waals surface area contributed by atoms with Gasteiger partial charge in [-0.25, -0.2) is 4.39 Å². The molecule has 0 fully saturated rings. The van der Waals surface area contributed by atoms with Gasteiger partial charge in [0.05, 0.1) is 0 Å².